The molecule has 0 spiro atoms. The topological polar surface area (TPSA) is 66.4 Å². The lowest BCUT2D eigenvalue weighted by Gasteiger charge is -2.10. The maximum Gasteiger partial charge on any atom is 0.316 e. The van der Waals surface area contributed by atoms with Crippen molar-refractivity contribution in [2.24, 2.45) is 0 Å². The molecule has 4 nitrogen and oxygen atoms in total. The highest BCUT2D eigenvalue weighted by molar-refractivity contribution is 14.1. The van der Waals surface area contributed by atoms with Crippen molar-refractivity contribution >= 4 is 58.5 Å². The fourth-order valence-electron chi connectivity index (χ4n) is 0.621. The molecule has 2 N–H and O–H groups in total. The number of amides is 1. The summed E-state index contributed by atoms with van der Waals surface area (Å²) in [5.41, 5.74) is 0. The minimum absolute atomic E-state index is 0.0183. The molecule has 2 unspecified atom stereocenters. The van der Waals surface area contributed by atoms with Crippen LogP contribution in [-0.4, -0.2) is 32.8 Å². The van der Waals surface area contributed by atoms with E-state index < -0.39 is 11.2 Å². The van der Waals surface area contributed by atoms with Gasteiger partial charge in [0.25, 0.3) is 0 Å². The Morgan fingerprint density at radius 1 is 1.77 bits per heavy atom. The van der Waals surface area contributed by atoms with Gasteiger partial charge in [-0.15, -0.1) is 31.5 Å². The van der Waals surface area contributed by atoms with Crippen LogP contribution in [0.3, 0.4) is 0 Å². The predicted octanol–water partition coefficient (Wildman–Crippen LogP) is 0.604. The molecule has 0 aromatic rings. The van der Waals surface area contributed by atoms with Crippen molar-refractivity contribution in [3.63, 3.8) is 0 Å². The second-order valence-electron chi connectivity index (χ2n) is 2.19. The van der Waals surface area contributed by atoms with Crippen LogP contribution in [0, 0.1) is 0 Å². The molecule has 1 amide bonds. The summed E-state index contributed by atoms with van der Waals surface area (Å²) in [5, 5.41) is 10.5. The van der Waals surface area contributed by atoms with Gasteiger partial charge in [-0.1, -0.05) is 0 Å². The Morgan fingerprint density at radius 2 is 2.31 bits per heavy atom. The van der Waals surface area contributed by atoms with E-state index in [1.165, 1.54) is 18.7 Å². The predicted molar refractivity (Wildman–Crippen MR) is 67.2 cm³/mol. The number of nitrogens with one attached hydrogen (secondary N) is 1. The van der Waals surface area contributed by atoms with E-state index >= 15 is 0 Å². The summed E-state index contributed by atoms with van der Waals surface area (Å²) >= 11 is 3.32. The minimum atomic E-state index is -0.947. The molecule has 74 valence electrons. The molecule has 0 aromatic carbocycles. The summed E-state index contributed by atoms with van der Waals surface area (Å²) in [4.78, 5) is 21.6. The number of hydrogen-bond acceptors (Lipinski definition) is 3. The molecule has 0 aliphatic rings. The second-order valence-corrected chi connectivity index (χ2v) is 8.23. The van der Waals surface area contributed by atoms with E-state index in [2.05, 4.69) is 36.8 Å². The fourth-order valence-corrected chi connectivity index (χ4v) is 2.93. The molecule has 0 rings (SSSR count). The van der Waals surface area contributed by atoms with E-state index in [1.54, 1.807) is 0 Å². The monoisotopic (exact) mass is 333 g/mol. The largest absolute Gasteiger partial charge is 0.480 e. The van der Waals surface area contributed by atoms with Crippen molar-refractivity contribution in [3.05, 3.63) is 0 Å². The first-order chi connectivity index (χ1) is 5.97. The van der Waals surface area contributed by atoms with Gasteiger partial charge in [0.15, 0.2) is 0 Å². The summed E-state index contributed by atoms with van der Waals surface area (Å²) in [7, 11) is 3.97. The van der Waals surface area contributed by atoms with Gasteiger partial charge in [-0.25, -0.2) is 0 Å². The van der Waals surface area contributed by atoms with Crippen LogP contribution >= 0.6 is 43.1 Å². The lowest BCUT2D eigenvalue weighted by atomic mass is 10.3. The third kappa shape index (κ3) is 6.57. The van der Waals surface area contributed by atoms with Crippen LogP contribution in [0.4, 0.5) is 0 Å². The molecule has 0 heterocycles. The van der Waals surface area contributed by atoms with Gasteiger partial charge in [0.05, 0.1) is 0 Å². The van der Waals surface area contributed by atoms with Gasteiger partial charge in [0.1, 0.15) is 5.25 Å². The van der Waals surface area contributed by atoms with Gasteiger partial charge in [-0.2, -0.15) is 11.6 Å². The molecule has 0 bridgehead atoms. The van der Waals surface area contributed by atoms with Crippen molar-refractivity contribution in [1.29, 1.82) is 0 Å². The van der Waals surface area contributed by atoms with E-state index in [0.29, 0.717) is 0 Å². The quantitative estimate of drug-likeness (QED) is 0.440. The Kier molecular flexibility index (Phi) is 7.17. The third-order valence-electron chi connectivity index (χ3n) is 1.22. The van der Waals surface area contributed by atoms with Gasteiger partial charge < -0.3 is 10.4 Å². The summed E-state index contributed by atoms with van der Waals surface area (Å²) < 4.78 is 0.100. The van der Waals surface area contributed by atoms with Crippen LogP contribution in [0.5, 0.6) is 0 Å². The maximum atomic E-state index is 10.9. The highest BCUT2D eigenvalue weighted by atomic mass is 127. The average Bonchev–Trinajstić information content (AvgIpc) is 2.02. The van der Waals surface area contributed by atoms with Crippen LogP contribution in [0.1, 0.15) is 6.42 Å². The third-order valence-corrected chi connectivity index (χ3v) is 3.53. The highest BCUT2D eigenvalue weighted by Crippen LogP contribution is 2.26. The Balaban J connectivity index is 4.10. The molecule has 0 fully saturated rings. The summed E-state index contributed by atoms with van der Waals surface area (Å²) in [5.74, 6) is -1.19. The number of carboxylic acid groups (broad SMARTS) is 1. The number of aliphatic carboxylic acids is 1. The van der Waals surface area contributed by atoms with Crippen molar-refractivity contribution in [1.82, 2.24) is 5.32 Å². The maximum absolute atomic E-state index is 10.9. The Bertz CT molecular complexity index is 206. The Labute approximate surface area is 97.0 Å². The molecular formula is C5H10BINO3PS. The average molecular weight is 333 g/mol. The first-order valence-electron chi connectivity index (χ1n) is 3.46. The highest BCUT2D eigenvalue weighted by Gasteiger charge is 2.23. The van der Waals surface area contributed by atoms with Crippen molar-refractivity contribution < 1.29 is 14.7 Å². The van der Waals surface area contributed by atoms with Crippen LogP contribution in [0.25, 0.3) is 0 Å². The van der Waals surface area contributed by atoms with Gasteiger partial charge in [0, 0.05) is 13.5 Å². The number of carbonyl (C=O) groups is 2. The van der Waals surface area contributed by atoms with E-state index in [1.807, 2.05) is 0 Å². The zero-order chi connectivity index (χ0) is 10.4. The molecule has 0 saturated carbocycles. The summed E-state index contributed by atoms with van der Waals surface area (Å²) in [6.07, 6.45) is 0.0183. The van der Waals surface area contributed by atoms with Crippen LogP contribution in [0.2, 0.25) is 0 Å². The number of carbonyl (C=O) groups excluding carboxylic acids is 1. The van der Waals surface area contributed by atoms with Crippen LogP contribution < -0.4 is 5.32 Å². The normalized spacial score (nSPS) is 11.9. The Hall–Kier alpha value is 0.515. The van der Waals surface area contributed by atoms with Crippen molar-refractivity contribution in [2.75, 3.05) is 7.05 Å². The molecule has 0 saturated heterocycles. The number of rotatable bonds is 5. The van der Waals surface area contributed by atoms with Gasteiger partial charge in [-0.3, -0.25) is 9.59 Å². The first-order valence-corrected chi connectivity index (χ1v) is 6.31. The van der Waals surface area contributed by atoms with Crippen LogP contribution in [-0.2, 0) is 9.59 Å². The molecule has 0 aliphatic carbocycles. The van der Waals surface area contributed by atoms with E-state index in [0.717, 1.165) is 0 Å². The second kappa shape index (κ2) is 6.89. The lowest BCUT2D eigenvalue weighted by Crippen LogP contribution is -2.28. The SMILES string of the molecule is CNC(=O)CC(SB(P)I)C(=O)O. The minimum Gasteiger partial charge on any atom is -0.480 e. The summed E-state index contributed by atoms with van der Waals surface area (Å²) in [6.45, 7) is 0. The van der Waals surface area contributed by atoms with E-state index in [9.17, 15) is 9.59 Å². The molecule has 13 heavy (non-hydrogen) atoms. The molecular weight excluding hydrogens is 323 g/mol. The Morgan fingerprint density at radius 3 is 2.62 bits per heavy atom. The molecule has 0 aromatic heterocycles. The lowest BCUT2D eigenvalue weighted by molar-refractivity contribution is -0.138. The number of halogens is 1. The summed E-state index contributed by atoms with van der Waals surface area (Å²) in [6, 6.07) is 0. The molecule has 8 heteroatoms. The van der Waals surface area contributed by atoms with E-state index in [-0.39, 0.29) is 15.9 Å². The number of carboxylic acids is 1. The fraction of sp³-hybridized carbons (Fsp3) is 0.600. The number of hydrogen-bond donors (Lipinski definition) is 2. The zero-order valence-corrected chi connectivity index (χ0v) is 11.1. The smallest absolute Gasteiger partial charge is 0.316 e. The first kappa shape index (κ1) is 13.5. The molecule has 0 aliphatic heterocycles. The van der Waals surface area contributed by atoms with Crippen molar-refractivity contribution in [2.45, 2.75) is 11.7 Å². The van der Waals surface area contributed by atoms with Crippen molar-refractivity contribution in [3.8, 4) is 0 Å². The van der Waals surface area contributed by atoms with Gasteiger partial charge in [-0.05, 0) is 0 Å². The van der Waals surface area contributed by atoms with Gasteiger partial charge >= 0.3 is 9.54 Å². The standard InChI is InChI=1S/C5H10BINO3PS/c1-8-4(9)2-3(5(10)11)13-6(7)12/h3H,2,12H2,1H3,(H,8,9)(H,10,11). The molecule has 0 radical (unpaired) electrons. The molecule has 2 atom stereocenters. The van der Waals surface area contributed by atoms with Crippen LogP contribution in [0.15, 0.2) is 0 Å². The van der Waals surface area contributed by atoms with Gasteiger partial charge in [0.2, 0.25) is 5.91 Å². The zero-order valence-electron chi connectivity index (χ0n) is 6.99. The van der Waals surface area contributed by atoms with E-state index in [4.69, 9.17) is 5.11 Å².